The molecule has 1 unspecified atom stereocenters. The zero-order valence-corrected chi connectivity index (χ0v) is 28.5. The largest absolute Gasteiger partial charge is 1.00 e. The van der Waals surface area contributed by atoms with Gasteiger partial charge in [-0.05, 0) is 51.0 Å². The molecule has 0 aliphatic heterocycles. The van der Waals surface area contributed by atoms with E-state index in [0.29, 0.717) is 0 Å². The lowest BCUT2D eigenvalue weighted by Crippen LogP contribution is -3.00. The molecule has 0 saturated heterocycles. The minimum Gasteiger partial charge on any atom is -1.00 e. The van der Waals surface area contributed by atoms with Crippen LogP contribution in [-0.2, 0) is 0 Å². The van der Waals surface area contributed by atoms with Crippen LogP contribution in [0, 0.1) is 20.8 Å². The first-order valence-corrected chi connectivity index (χ1v) is 14.7. The van der Waals surface area contributed by atoms with Crippen molar-refractivity contribution in [3.8, 4) is 11.3 Å². The van der Waals surface area contributed by atoms with Crippen molar-refractivity contribution >= 4 is 32.6 Å². The molecule has 0 aliphatic rings. The number of hydrogen-bond acceptors (Lipinski definition) is 1. The predicted molar refractivity (Wildman–Crippen MR) is 196 cm³/mol. The molecule has 0 saturated carbocycles. The van der Waals surface area contributed by atoms with E-state index in [1.807, 2.05) is 89.2 Å². The second kappa shape index (κ2) is 26.4. The van der Waals surface area contributed by atoms with Gasteiger partial charge in [0.1, 0.15) is 0 Å². The highest BCUT2D eigenvalue weighted by Gasteiger charge is 2.10. The third-order valence-electron chi connectivity index (χ3n) is 5.64. The average molecular weight is 672 g/mol. The number of ketones is 1. The molecule has 0 fully saturated rings. The maximum atomic E-state index is 11.3. The summed E-state index contributed by atoms with van der Waals surface area (Å²) in [6.45, 7) is 16.2. The number of aromatic amines is 1. The predicted octanol–water partition coefficient (Wildman–Crippen LogP) is 9.80. The molecule has 5 heteroatoms. The highest BCUT2D eigenvalue weighted by molar-refractivity contribution is 9.10. The van der Waals surface area contributed by atoms with E-state index in [9.17, 15) is 4.79 Å². The molecule has 0 aliphatic carbocycles. The monoisotopic (exact) mass is 670 g/mol. The van der Waals surface area contributed by atoms with Crippen LogP contribution in [0.25, 0.3) is 22.2 Å². The number of aryl methyl sites for hydroxylation is 3. The van der Waals surface area contributed by atoms with Crippen molar-refractivity contribution in [2.45, 2.75) is 75.1 Å². The zero-order valence-electron chi connectivity index (χ0n) is 26.1. The van der Waals surface area contributed by atoms with Gasteiger partial charge in [0.15, 0.2) is 5.78 Å². The molecular weight excluding hydrogens is 616 g/mol. The van der Waals surface area contributed by atoms with Crippen molar-refractivity contribution in [1.82, 2.24) is 11.1 Å². The lowest BCUT2D eigenvalue weighted by molar-refractivity contribution is -0.0000170. The number of hydrogen-bond donors (Lipinski definition) is 2. The molecule has 3 nitrogen and oxygen atoms in total. The van der Waals surface area contributed by atoms with E-state index in [1.54, 1.807) is 0 Å². The van der Waals surface area contributed by atoms with Gasteiger partial charge in [0.2, 0.25) is 0 Å². The molecule has 4 aromatic carbocycles. The molecule has 5 aromatic rings. The molecule has 0 spiro atoms. The van der Waals surface area contributed by atoms with Crippen molar-refractivity contribution in [3.63, 3.8) is 0 Å². The third-order valence-corrected chi connectivity index (χ3v) is 6.05. The summed E-state index contributed by atoms with van der Waals surface area (Å²) in [5.74, 6) is 0.130. The van der Waals surface area contributed by atoms with Crippen molar-refractivity contribution in [2.75, 3.05) is 0 Å². The first-order chi connectivity index (χ1) is 18.9. The normalized spacial score (nSPS) is 9.23. The van der Waals surface area contributed by atoms with Gasteiger partial charge in [-0.15, -0.1) is 0 Å². The van der Waals surface area contributed by atoms with E-state index in [4.69, 9.17) is 0 Å². The lowest BCUT2D eigenvalue weighted by atomic mass is 10.1. The fourth-order valence-corrected chi connectivity index (χ4v) is 3.96. The minimum atomic E-state index is -0.0927. The maximum absolute atomic E-state index is 11.3. The van der Waals surface area contributed by atoms with Crippen LogP contribution < -0.4 is 18.6 Å². The fraction of sp³-hybridized carbons (Fsp3) is 0.289. The number of fused-ring (bicyclic) bond motifs is 1. The zero-order chi connectivity index (χ0) is 29.2. The molecule has 0 radical (unpaired) electrons. The van der Waals surface area contributed by atoms with Crippen LogP contribution in [0.5, 0.6) is 0 Å². The molecule has 1 aromatic heterocycles. The number of benzene rings is 4. The van der Waals surface area contributed by atoms with Crippen molar-refractivity contribution in [1.29, 1.82) is 0 Å². The van der Waals surface area contributed by atoms with Gasteiger partial charge in [-0.3, -0.25) is 4.79 Å². The van der Waals surface area contributed by atoms with Crippen molar-refractivity contribution in [2.24, 2.45) is 0 Å². The van der Waals surface area contributed by atoms with Gasteiger partial charge in [-0.1, -0.05) is 167 Å². The van der Waals surface area contributed by atoms with Crippen LogP contribution >= 0.6 is 15.9 Å². The second-order valence-electron chi connectivity index (χ2n) is 8.54. The van der Waals surface area contributed by atoms with Crippen LogP contribution in [0.1, 0.15) is 76.5 Å². The van der Waals surface area contributed by atoms with E-state index < -0.39 is 0 Å². The number of nitrogens with one attached hydrogen (secondary N) is 1. The number of carbonyl (C=O) groups is 1. The van der Waals surface area contributed by atoms with E-state index in [0.717, 1.165) is 5.56 Å². The molecule has 238 valence electrons. The molecule has 5 rings (SSSR count). The van der Waals surface area contributed by atoms with Gasteiger partial charge in [0.05, 0.1) is 4.83 Å². The highest BCUT2D eigenvalue weighted by Crippen LogP contribution is 2.29. The summed E-state index contributed by atoms with van der Waals surface area (Å²) in [4.78, 5) is 14.7. The fourth-order valence-electron chi connectivity index (χ4n) is 3.70. The number of rotatable bonds is 3. The van der Waals surface area contributed by atoms with Crippen LogP contribution in [-0.4, -0.2) is 15.6 Å². The molecule has 43 heavy (non-hydrogen) atoms. The minimum absolute atomic E-state index is 0. The van der Waals surface area contributed by atoms with Crippen molar-refractivity contribution < 1.29 is 17.2 Å². The van der Waals surface area contributed by atoms with Crippen LogP contribution in [0.3, 0.4) is 0 Å². The summed E-state index contributed by atoms with van der Waals surface area (Å²) in [7, 11) is 0. The number of H-pyrrole nitrogens is 1. The molecule has 0 bridgehead atoms. The van der Waals surface area contributed by atoms with Crippen LogP contribution in [0.2, 0.25) is 0 Å². The smallest absolute Gasteiger partial charge is 0.176 e. The Morgan fingerprint density at radius 1 is 0.674 bits per heavy atom. The first kappa shape index (κ1) is 46.8. The van der Waals surface area contributed by atoms with E-state index in [2.05, 4.69) is 96.3 Å². The average Bonchev–Trinajstić information content (AvgIpc) is 3.32. The maximum Gasteiger partial charge on any atom is 0.176 e. The van der Waals surface area contributed by atoms with Crippen molar-refractivity contribution in [3.05, 3.63) is 131 Å². The number of Topliss-reactive ketones (excluding diaryl/α,β-unsaturated/α-hetero) is 1. The van der Waals surface area contributed by atoms with Gasteiger partial charge in [0, 0.05) is 22.2 Å². The van der Waals surface area contributed by atoms with E-state index in [1.165, 1.54) is 38.9 Å². The number of halogens is 2. The standard InChI is InChI=1S/C16H15N.C9H9BrO.C7H8.2C2H6.2CH4.ClH.H3N/c1-11-8-9-15-14(10-11)12(2)16(17-15)13-6-4-3-5-7-13;1-7(10)9(11)8-5-3-2-4-6-8;1-7-5-3-2-4-6-7;2*1-2;;;;/h3-10,17H,1-2H3;2-7H,1H3;2-6H,1H3;2*1-2H3;2*1H4;1H;1H3. The Hall–Kier alpha value is -3.18. The number of carbonyl (C=O) groups excluding carboxylic acids is 1. The summed E-state index contributed by atoms with van der Waals surface area (Å²) in [6.07, 6.45) is 0. The highest BCUT2D eigenvalue weighted by atomic mass is 79.9. The first-order valence-electron chi connectivity index (χ1n) is 13.8. The molecule has 5 N–H and O–H groups in total. The van der Waals surface area contributed by atoms with Gasteiger partial charge in [0.25, 0.3) is 0 Å². The Labute approximate surface area is 277 Å². The Morgan fingerprint density at radius 2 is 1.12 bits per heavy atom. The summed E-state index contributed by atoms with van der Waals surface area (Å²) in [5.41, 5.74) is 8.41. The topological polar surface area (TPSA) is 69.4 Å². The van der Waals surface area contributed by atoms with Gasteiger partial charge in [-0.25, -0.2) is 0 Å². The Balaban J connectivity index is -0.000000257. The third kappa shape index (κ3) is 15.7. The molecule has 1 heterocycles. The second-order valence-corrected chi connectivity index (χ2v) is 9.91. The van der Waals surface area contributed by atoms with Crippen LogP contribution in [0.15, 0.2) is 109 Å². The summed E-state index contributed by atoms with van der Waals surface area (Å²) < 4.78 is 0. The summed E-state index contributed by atoms with van der Waals surface area (Å²) in [6, 6.07) is 36.6. The van der Waals surface area contributed by atoms with Crippen LogP contribution in [0.4, 0.5) is 0 Å². The number of quaternary nitrogens is 1. The van der Waals surface area contributed by atoms with E-state index >= 15 is 0 Å². The quantitative estimate of drug-likeness (QED) is 0.146. The number of alkyl halides is 1. The molecular formula is C38H56BrClN2O. The Kier molecular flexibility index (Phi) is 28.8. The number of aromatic nitrogens is 1. The summed E-state index contributed by atoms with van der Waals surface area (Å²) in [5, 5.41) is 1.32. The summed E-state index contributed by atoms with van der Waals surface area (Å²) >= 11 is 3.23. The Bertz CT molecular complexity index is 1350. The Morgan fingerprint density at radius 3 is 1.53 bits per heavy atom. The lowest BCUT2D eigenvalue weighted by Gasteiger charge is -2.00. The van der Waals surface area contributed by atoms with Gasteiger partial charge in [-0.2, -0.15) is 0 Å². The van der Waals surface area contributed by atoms with Gasteiger partial charge < -0.3 is 23.5 Å². The molecule has 0 amide bonds. The van der Waals surface area contributed by atoms with E-state index in [-0.39, 0.29) is 44.0 Å². The SMILES string of the molecule is C.C.CC.CC.CC(Br)C(=O)c1ccccc1.Cc1ccc2[nH]c(-c3ccccc3)c(C)c2c1.Cc1ccccc1.[Cl-].[NH4+]. The van der Waals surface area contributed by atoms with Gasteiger partial charge >= 0.3 is 0 Å². The molecule has 1 atom stereocenters.